The van der Waals surface area contributed by atoms with E-state index in [0.717, 1.165) is 12.8 Å². The average Bonchev–Trinajstić information content (AvgIpc) is 2.19. The fourth-order valence-corrected chi connectivity index (χ4v) is 1.22. The summed E-state index contributed by atoms with van der Waals surface area (Å²) in [6.45, 7) is 7.55. The molecule has 0 fully saturated rings. The van der Waals surface area contributed by atoms with Gasteiger partial charge in [-0.1, -0.05) is 38.5 Å². The molecule has 0 atom stereocenters. The molecule has 0 unspecified atom stereocenters. The van der Waals surface area contributed by atoms with Gasteiger partial charge in [-0.3, -0.25) is 0 Å². The van der Waals surface area contributed by atoms with Crippen LogP contribution in [0.2, 0.25) is 0 Å². The SMILES string of the molecule is CCCCCCCC#COC(=O)OC(C)(C)C. The molecule has 0 rings (SSSR count). The van der Waals surface area contributed by atoms with E-state index in [1.807, 2.05) is 0 Å². The lowest BCUT2D eigenvalue weighted by molar-refractivity contribution is 0.0145. The number of unbranched alkanes of at least 4 members (excludes halogenated alkanes) is 5. The van der Waals surface area contributed by atoms with E-state index in [9.17, 15) is 4.79 Å². The zero-order valence-corrected chi connectivity index (χ0v) is 11.5. The van der Waals surface area contributed by atoms with Gasteiger partial charge in [0.05, 0.1) is 0 Å². The van der Waals surface area contributed by atoms with Gasteiger partial charge in [0.15, 0.2) is 0 Å². The fraction of sp³-hybridized carbons (Fsp3) is 0.786. The summed E-state index contributed by atoms with van der Waals surface area (Å²) >= 11 is 0. The third-order valence-electron chi connectivity index (χ3n) is 2.00. The Morgan fingerprint density at radius 3 is 2.35 bits per heavy atom. The van der Waals surface area contributed by atoms with Gasteiger partial charge in [-0.15, -0.1) is 0 Å². The zero-order valence-electron chi connectivity index (χ0n) is 11.5. The highest BCUT2D eigenvalue weighted by molar-refractivity contribution is 5.61. The minimum absolute atomic E-state index is 0.529. The molecule has 0 aromatic heterocycles. The summed E-state index contributed by atoms with van der Waals surface area (Å²) < 4.78 is 9.56. The van der Waals surface area contributed by atoms with Crippen molar-refractivity contribution in [3.63, 3.8) is 0 Å². The maximum atomic E-state index is 11.1. The van der Waals surface area contributed by atoms with Crippen molar-refractivity contribution in [1.82, 2.24) is 0 Å². The van der Waals surface area contributed by atoms with E-state index in [1.165, 1.54) is 25.7 Å². The molecule has 0 aliphatic rings. The molecule has 3 heteroatoms. The second-order valence-corrected chi connectivity index (χ2v) is 5.01. The van der Waals surface area contributed by atoms with Gasteiger partial charge in [0.25, 0.3) is 0 Å². The highest BCUT2D eigenvalue weighted by atomic mass is 16.7. The van der Waals surface area contributed by atoms with Crippen LogP contribution in [0.15, 0.2) is 0 Å². The van der Waals surface area contributed by atoms with Gasteiger partial charge in [0.1, 0.15) is 11.7 Å². The Bertz CT molecular complexity index is 265. The first-order chi connectivity index (χ1) is 7.95. The van der Waals surface area contributed by atoms with E-state index in [0.29, 0.717) is 0 Å². The molecule has 0 N–H and O–H groups in total. The summed E-state index contributed by atoms with van der Waals surface area (Å²) in [5.74, 6) is 2.81. The standard InChI is InChI=1S/C14H24O3/c1-5-6-7-8-9-10-11-12-16-13(15)17-14(2,3)4/h5-10H2,1-4H3. The van der Waals surface area contributed by atoms with Crippen molar-refractivity contribution in [2.45, 2.75) is 71.8 Å². The van der Waals surface area contributed by atoms with Gasteiger partial charge in [-0.25, -0.2) is 4.79 Å². The van der Waals surface area contributed by atoms with Crippen molar-refractivity contribution in [2.75, 3.05) is 0 Å². The van der Waals surface area contributed by atoms with Crippen molar-refractivity contribution in [3.05, 3.63) is 0 Å². The number of hydrogen-bond acceptors (Lipinski definition) is 3. The van der Waals surface area contributed by atoms with Gasteiger partial charge in [-0.05, 0) is 27.2 Å². The highest BCUT2D eigenvalue weighted by Crippen LogP contribution is 2.07. The molecule has 0 saturated carbocycles. The molecule has 98 valence electrons. The lowest BCUT2D eigenvalue weighted by atomic mass is 10.1. The van der Waals surface area contributed by atoms with E-state index >= 15 is 0 Å². The first-order valence-corrected chi connectivity index (χ1v) is 6.33. The summed E-state index contributed by atoms with van der Waals surface area (Å²) in [7, 11) is 0. The Balaban J connectivity index is 3.51. The Labute approximate surface area is 105 Å². The molecular weight excluding hydrogens is 216 g/mol. The molecule has 0 radical (unpaired) electrons. The molecule has 0 bridgehead atoms. The van der Waals surface area contributed by atoms with Crippen molar-refractivity contribution < 1.29 is 14.3 Å². The van der Waals surface area contributed by atoms with Crippen LogP contribution in [0, 0.1) is 12.0 Å². The van der Waals surface area contributed by atoms with Crippen LogP contribution < -0.4 is 0 Å². The van der Waals surface area contributed by atoms with Gasteiger partial charge >= 0.3 is 6.16 Å². The summed E-state index contributed by atoms with van der Waals surface area (Å²) in [5, 5.41) is 0. The third kappa shape index (κ3) is 12.8. The predicted octanol–water partition coefficient (Wildman–Crippen LogP) is 4.26. The third-order valence-corrected chi connectivity index (χ3v) is 2.00. The van der Waals surface area contributed by atoms with Crippen molar-refractivity contribution in [1.29, 1.82) is 0 Å². The number of rotatable bonds is 5. The maximum Gasteiger partial charge on any atom is 0.523 e. The van der Waals surface area contributed by atoms with E-state index in [1.54, 1.807) is 20.8 Å². The Hall–Kier alpha value is -1.17. The van der Waals surface area contributed by atoms with Crippen LogP contribution in [0.3, 0.4) is 0 Å². The smallest absolute Gasteiger partial charge is 0.428 e. The Morgan fingerprint density at radius 1 is 1.12 bits per heavy atom. The molecule has 0 aliphatic carbocycles. The van der Waals surface area contributed by atoms with E-state index in [2.05, 4.69) is 23.7 Å². The minimum Gasteiger partial charge on any atom is -0.428 e. The molecule has 0 aromatic rings. The first-order valence-electron chi connectivity index (χ1n) is 6.33. The first kappa shape index (κ1) is 15.8. The topological polar surface area (TPSA) is 35.5 Å². The van der Waals surface area contributed by atoms with Crippen LogP contribution in [0.4, 0.5) is 4.79 Å². The average molecular weight is 240 g/mol. The summed E-state index contributed by atoms with van der Waals surface area (Å²) in [4.78, 5) is 11.1. The number of carbonyl (C=O) groups excluding carboxylic acids is 1. The number of ether oxygens (including phenoxy) is 2. The monoisotopic (exact) mass is 240 g/mol. The second kappa shape index (κ2) is 8.92. The quantitative estimate of drug-likeness (QED) is 0.409. The Kier molecular flexibility index (Phi) is 8.31. The molecule has 0 saturated heterocycles. The minimum atomic E-state index is -0.726. The van der Waals surface area contributed by atoms with Crippen LogP contribution in [0.1, 0.15) is 66.2 Å². The summed E-state index contributed by atoms with van der Waals surface area (Å²) in [6, 6.07) is 0. The molecule has 0 spiro atoms. The van der Waals surface area contributed by atoms with Gasteiger partial charge in [0.2, 0.25) is 0 Å². The van der Waals surface area contributed by atoms with Crippen LogP contribution in [0.25, 0.3) is 0 Å². The van der Waals surface area contributed by atoms with Gasteiger partial charge in [0, 0.05) is 6.42 Å². The lowest BCUT2D eigenvalue weighted by Gasteiger charge is -2.16. The van der Waals surface area contributed by atoms with Crippen molar-refractivity contribution >= 4 is 6.16 Å². The van der Waals surface area contributed by atoms with Gasteiger partial charge < -0.3 is 9.47 Å². The van der Waals surface area contributed by atoms with Crippen LogP contribution >= 0.6 is 0 Å². The highest BCUT2D eigenvalue weighted by Gasteiger charge is 2.16. The molecule has 3 nitrogen and oxygen atoms in total. The van der Waals surface area contributed by atoms with Crippen LogP contribution in [0.5, 0.6) is 0 Å². The molecular formula is C14H24O3. The molecule has 0 aliphatic heterocycles. The number of carbonyl (C=O) groups is 1. The number of hydrogen-bond donors (Lipinski definition) is 0. The van der Waals surface area contributed by atoms with E-state index in [4.69, 9.17) is 4.74 Å². The van der Waals surface area contributed by atoms with Crippen LogP contribution in [-0.4, -0.2) is 11.8 Å². The van der Waals surface area contributed by atoms with Crippen LogP contribution in [-0.2, 0) is 9.47 Å². The van der Waals surface area contributed by atoms with Gasteiger partial charge in [-0.2, -0.15) is 0 Å². The molecule has 0 heterocycles. The van der Waals surface area contributed by atoms with E-state index < -0.39 is 11.8 Å². The van der Waals surface area contributed by atoms with Crippen molar-refractivity contribution in [2.24, 2.45) is 0 Å². The van der Waals surface area contributed by atoms with Crippen molar-refractivity contribution in [3.8, 4) is 12.0 Å². The maximum absolute atomic E-state index is 11.1. The largest absolute Gasteiger partial charge is 0.523 e. The zero-order chi connectivity index (χ0) is 13.1. The fourth-order valence-electron chi connectivity index (χ4n) is 1.22. The lowest BCUT2D eigenvalue weighted by Crippen LogP contribution is -2.23. The molecule has 0 aromatic carbocycles. The second-order valence-electron chi connectivity index (χ2n) is 5.01. The van der Waals surface area contributed by atoms with E-state index in [-0.39, 0.29) is 0 Å². The molecule has 17 heavy (non-hydrogen) atoms. The normalized spacial score (nSPS) is 10.4. The predicted molar refractivity (Wildman–Crippen MR) is 68.5 cm³/mol. The summed E-state index contributed by atoms with van der Waals surface area (Å²) in [5.41, 5.74) is -0.529. The molecule has 0 amide bonds. The summed E-state index contributed by atoms with van der Waals surface area (Å²) in [6.07, 6.45) is 8.45. The Morgan fingerprint density at radius 2 is 1.76 bits per heavy atom.